The van der Waals surface area contributed by atoms with Crippen molar-refractivity contribution in [3.8, 4) is 17.2 Å². The first-order chi connectivity index (χ1) is 14.2. The molecular weight excluding hydrogens is 370 g/mol. The van der Waals surface area contributed by atoms with Gasteiger partial charge in [-0.15, -0.1) is 5.10 Å². The van der Waals surface area contributed by atoms with Gasteiger partial charge in [-0.05, 0) is 66.1 Å². The minimum atomic E-state index is -0.0175. The molecule has 8 heteroatoms. The van der Waals surface area contributed by atoms with Crippen molar-refractivity contribution in [2.24, 2.45) is 0 Å². The number of benzene rings is 2. The molecule has 0 fully saturated rings. The molecule has 3 rings (SSSR count). The van der Waals surface area contributed by atoms with Gasteiger partial charge in [0, 0.05) is 6.54 Å². The van der Waals surface area contributed by atoms with Gasteiger partial charge in [-0.2, -0.15) is 0 Å². The lowest BCUT2D eigenvalue weighted by Crippen LogP contribution is -2.27. The molecule has 1 N–H and O–H groups in total. The van der Waals surface area contributed by atoms with Crippen LogP contribution in [0.5, 0.6) is 11.5 Å². The smallest absolute Gasteiger partial charge is 0.224 e. The number of aromatic nitrogens is 4. The Bertz CT molecular complexity index is 911. The first kappa shape index (κ1) is 20.3. The summed E-state index contributed by atoms with van der Waals surface area (Å²) in [6.45, 7) is 5.61. The summed E-state index contributed by atoms with van der Waals surface area (Å²) < 4.78 is 12.8. The fourth-order valence-electron chi connectivity index (χ4n) is 2.89. The molecule has 3 aromatic rings. The first-order valence-corrected chi connectivity index (χ1v) is 9.67. The van der Waals surface area contributed by atoms with E-state index in [-0.39, 0.29) is 5.91 Å². The first-order valence-electron chi connectivity index (χ1n) is 9.67. The molecule has 152 valence electrons. The second-order valence-electron chi connectivity index (χ2n) is 6.34. The van der Waals surface area contributed by atoms with E-state index in [1.165, 1.54) is 6.33 Å². The van der Waals surface area contributed by atoms with Gasteiger partial charge in [0.1, 0.15) is 6.33 Å². The van der Waals surface area contributed by atoms with E-state index in [1.807, 2.05) is 56.3 Å². The van der Waals surface area contributed by atoms with Gasteiger partial charge in [0.25, 0.3) is 0 Å². The van der Waals surface area contributed by atoms with Crippen molar-refractivity contribution < 1.29 is 14.3 Å². The van der Waals surface area contributed by atoms with Gasteiger partial charge in [-0.3, -0.25) is 4.79 Å². The molecule has 0 unspecified atom stereocenters. The fraction of sp³-hybridized carbons (Fsp3) is 0.333. The van der Waals surface area contributed by atoms with E-state index in [4.69, 9.17) is 9.47 Å². The summed E-state index contributed by atoms with van der Waals surface area (Å²) in [7, 11) is 0. The quantitative estimate of drug-likeness (QED) is 0.567. The van der Waals surface area contributed by atoms with Gasteiger partial charge >= 0.3 is 0 Å². The van der Waals surface area contributed by atoms with Crippen LogP contribution in [-0.2, 0) is 17.6 Å². The molecule has 0 atom stereocenters. The highest BCUT2D eigenvalue weighted by molar-refractivity contribution is 5.78. The monoisotopic (exact) mass is 395 g/mol. The molecule has 0 aliphatic carbocycles. The van der Waals surface area contributed by atoms with Crippen molar-refractivity contribution in [1.29, 1.82) is 0 Å². The zero-order valence-corrected chi connectivity index (χ0v) is 16.7. The zero-order chi connectivity index (χ0) is 20.5. The van der Waals surface area contributed by atoms with E-state index >= 15 is 0 Å². The number of amides is 1. The molecule has 0 saturated heterocycles. The van der Waals surface area contributed by atoms with Crippen LogP contribution in [0.2, 0.25) is 0 Å². The Morgan fingerprint density at radius 1 is 1.00 bits per heavy atom. The van der Waals surface area contributed by atoms with Crippen LogP contribution in [0, 0.1) is 0 Å². The lowest BCUT2D eigenvalue weighted by Gasteiger charge is -2.12. The summed E-state index contributed by atoms with van der Waals surface area (Å²) in [6.07, 6.45) is 2.57. The van der Waals surface area contributed by atoms with Gasteiger partial charge < -0.3 is 14.8 Å². The molecule has 0 aliphatic heterocycles. The topological polar surface area (TPSA) is 91.2 Å². The van der Waals surface area contributed by atoms with Crippen molar-refractivity contribution in [2.45, 2.75) is 26.7 Å². The highest BCUT2D eigenvalue weighted by Crippen LogP contribution is 2.28. The Labute approximate surface area is 169 Å². The molecule has 0 spiro atoms. The molecule has 29 heavy (non-hydrogen) atoms. The van der Waals surface area contributed by atoms with E-state index < -0.39 is 0 Å². The number of nitrogens with zero attached hydrogens (tertiary/aromatic N) is 4. The zero-order valence-electron chi connectivity index (χ0n) is 16.7. The Hall–Kier alpha value is -3.42. The Morgan fingerprint density at radius 2 is 1.72 bits per heavy atom. The van der Waals surface area contributed by atoms with E-state index in [2.05, 4.69) is 20.8 Å². The number of tetrazole rings is 1. The number of hydrogen-bond acceptors (Lipinski definition) is 6. The van der Waals surface area contributed by atoms with E-state index in [0.717, 1.165) is 34.7 Å². The molecule has 1 aromatic heterocycles. The van der Waals surface area contributed by atoms with Crippen LogP contribution in [0.4, 0.5) is 0 Å². The summed E-state index contributed by atoms with van der Waals surface area (Å²) in [4.78, 5) is 12.2. The van der Waals surface area contributed by atoms with Gasteiger partial charge in [-0.1, -0.05) is 18.2 Å². The highest BCUT2D eigenvalue weighted by Gasteiger charge is 2.08. The summed E-state index contributed by atoms with van der Waals surface area (Å²) in [5.41, 5.74) is 2.86. The minimum absolute atomic E-state index is 0.0175. The molecule has 0 aliphatic rings. The largest absolute Gasteiger partial charge is 0.490 e. The maximum Gasteiger partial charge on any atom is 0.224 e. The van der Waals surface area contributed by atoms with E-state index in [9.17, 15) is 4.79 Å². The van der Waals surface area contributed by atoms with Crippen molar-refractivity contribution in [2.75, 3.05) is 19.8 Å². The highest BCUT2D eigenvalue weighted by atomic mass is 16.5. The van der Waals surface area contributed by atoms with Gasteiger partial charge in [-0.25, -0.2) is 4.68 Å². The predicted octanol–water partition coefficient (Wildman–Crippen LogP) is 2.36. The molecule has 0 bridgehead atoms. The van der Waals surface area contributed by atoms with E-state index in [1.54, 1.807) is 4.68 Å². The van der Waals surface area contributed by atoms with Gasteiger partial charge in [0.15, 0.2) is 11.5 Å². The van der Waals surface area contributed by atoms with Crippen LogP contribution in [-0.4, -0.2) is 45.9 Å². The number of carbonyl (C=O) groups excluding carboxylic acids is 1. The lowest BCUT2D eigenvalue weighted by atomic mass is 10.1. The number of carbonyl (C=O) groups is 1. The molecule has 8 nitrogen and oxygen atoms in total. The Morgan fingerprint density at radius 3 is 2.41 bits per heavy atom. The predicted molar refractivity (Wildman–Crippen MR) is 108 cm³/mol. The standard InChI is InChI=1S/C21H25N5O3/c1-3-28-19-10-7-17(13-20(19)29-4-2)11-12-22-21(27)14-16-5-8-18(9-6-16)26-15-23-24-25-26/h5-10,13,15H,3-4,11-12,14H2,1-2H3,(H,22,27). The molecule has 0 saturated carbocycles. The van der Waals surface area contributed by atoms with Crippen LogP contribution >= 0.6 is 0 Å². The maximum atomic E-state index is 12.2. The van der Waals surface area contributed by atoms with Crippen molar-refractivity contribution in [1.82, 2.24) is 25.5 Å². The number of nitrogens with one attached hydrogen (secondary N) is 1. The molecule has 0 radical (unpaired) electrons. The Kier molecular flexibility index (Phi) is 7.16. The van der Waals surface area contributed by atoms with Gasteiger partial charge in [0.2, 0.25) is 5.91 Å². The molecule has 2 aromatic carbocycles. The maximum absolute atomic E-state index is 12.2. The summed E-state index contributed by atoms with van der Waals surface area (Å²) >= 11 is 0. The van der Waals surface area contributed by atoms with Crippen molar-refractivity contribution in [3.63, 3.8) is 0 Å². The summed E-state index contributed by atoms with van der Waals surface area (Å²) in [5.74, 6) is 1.46. The normalized spacial score (nSPS) is 10.6. The average molecular weight is 395 g/mol. The number of hydrogen-bond donors (Lipinski definition) is 1. The summed E-state index contributed by atoms with van der Waals surface area (Å²) in [5, 5.41) is 14.0. The lowest BCUT2D eigenvalue weighted by molar-refractivity contribution is -0.120. The van der Waals surface area contributed by atoms with Crippen molar-refractivity contribution >= 4 is 5.91 Å². The Balaban J connectivity index is 1.49. The number of ether oxygens (including phenoxy) is 2. The number of rotatable bonds is 10. The third-order valence-electron chi connectivity index (χ3n) is 4.26. The summed E-state index contributed by atoms with van der Waals surface area (Å²) in [6, 6.07) is 13.4. The third-order valence-corrected chi connectivity index (χ3v) is 4.26. The fourth-order valence-corrected chi connectivity index (χ4v) is 2.89. The molecule has 1 heterocycles. The minimum Gasteiger partial charge on any atom is -0.490 e. The SMILES string of the molecule is CCOc1ccc(CCNC(=O)Cc2ccc(-n3cnnn3)cc2)cc1OCC. The average Bonchev–Trinajstić information content (AvgIpc) is 3.26. The second-order valence-corrected chi connectivity index (χ2v) is 6.34. The molecule has 1 amide bonds. The van der Waals surface area contributed by atoms with Crippen LogP contribution in [0.3, 0.4) is 0 Å². The van der Waals surface area contributed by atoms with Gasteiger partial charge in [0.05, 0.1) is 25.3 Å². The second kappa shape index (κ2) is 10.2. The van der Waals surface area contributed by atoms with E-state index in [0.29, 0.717) is 26.2 Å². The third kappa shape index (κ3) is 5.78. The van der Waals surface area contributed by atoms with Crippen LogP contribution in [0.25, 0.3) is 5.69 Å². The van der Waals surface area contributed by atoms with Crippen LogP contribution in [0.15, 0.2) is 48.8 Å². The molecular formula is C21H25N5O3. The van der Waals surface area contributed by atoms with Crippen LogP contribution in [0.1, 0.15) is 25.0 Å². The van der Waals surface area contributed by atoms with Crippen LogP contribution < -0.4 is 14.8 Å². The van der Waals surface area contributed by atoms with Crippen molar-refractivity contribution in [3.05, 3.63) is 59.9 Å².